The van der Waals surface area contributed by atoms with Gasteiger partial charge in [0.2, 0.25) is 0 Å². The normalized spacial score (nSPS) is 11.8. The Hall–Kier alpha value is -2.57. The summed E-state index contributed by atoms with van der Waals surface area (Å²) < 4.78 is 27.0. The van der Waals surface area contributed by atoms with E-state index >= 15 is 0 Å². The first-order valence-electron chi connectivity index (χ1n) is 6.87. The summed E-state index contributed by atoms with van der Waals surface area (Å²) in [6.07, 6.45) is 0.797. The molecular formula is C15H16F2N4O. The Kier molecular flexibility index (Phi) is 4.98. The van der Waals surface area contributed by atoms with E-state index in [2.05, 4.69) is 20.8 Å². The highest BCUT2D eigenvalue weighted by atomic mass is 19.1. The molecule has 1 unspecified atom stereocenters. The van der Waals surface area contributed by atoms with E-state index in [1.54, 1.807) is 0 Å². The third-order valence-corrected chi connectivity index (χ3v) is 3.10. The number of anilines is 2. The van der Waals surface area contributed by atoms with Crippen molar-refractivity contribution in [3.8, 4) is 0 Å². The zero-order valence-corrected chi connectivity index (χ0v) is 12.2. The molecule has 1 amide bonds. The molecule has 2 aromatic rings. The van der Waals surface area contributed by atoms with Crippen molar-refractivity contribution in [1.82, 2.24) is 15.5 Å². The molecule has 0 aliphatic carbocycles. The monoisotopic (exact) mass is 306 g/mol. The van der Waals surface area contributed by atoms with E-state index in [1.807, 2.05) is 13.8 Å². The molecule has 1 aromatic carbocycles. The molecule has 1 heterocycles. The largest absolute Gasteiger partial charge is 0.348 e. The Labute approximate surface area is 126 Å². The lowest BCUT2D eigenvalue weighted by Crippen LogP contribution is -2.32. The summed E-state index contributed by atoms with van der Waals surface area (Å²) in [5.41, 5.74) is -0.173. The van der Waals surface area contributed by atoms with Gasteiger partial charge < -0.3 is 10.6 Å². The van der Waals surface area contributed by atoms with Crippen LogP contribution in [-0.2, 0) is 0 Å². The summed E-state index contributed by atoms with van der Waals surface area (Å²) >= 11 is 0. The molecular weight excluding hydrogens is 290 g/mol. The average molecular weight is 306 g/mol. The van der Waals surface area contributed by atoms with Gasteiger partial charge in [0.05, 0.1) is 0 Å². The van der Waals surface area contributed by atoms with E-state index in [1.165, 1.54) is 18.2 Å². The van der Waals surface area contributed by atoms with E-state index in [0.717, 1.165) is 18.6 Å². The van der Waals surface area contributed by atoms with E-state index in [0.29, 0.717) is 0 Å². The molecule has 7 heteroatoms. The minimum atomic E-state index is -0.736. The van der Waals surface area contributed by atoms with Gasteiger partial charge in [-0.1, -0.05) is 13.0 Å². The number of amides is 1. The van der Waals surface area contributed by atoms with Crippen LogP contribution >= 0.6 is 0 Å². The third kappa shape index (κ3) is 3.75. The highest BCUT2D eigenvalue weighted by Gasteiger charge is 2.12. The van der Waals surface area contributed by atoms with Crippen LogP contribution in [0.5, 0.6) is 0 Å². The highest BCUT2D eigenvalue weighted by Crippen LogP contribution is 2.21. The molecule has 2 N–H and O–H groups in total. The summed E-state index contributed by atoms with van der Waals surface area (Å²) in [5, 5.41) is 12.8. The zero-order valence-electron chi connectivity index (χ0n) is 12.2. The molecule has 5 nitrogen and oxygen atoms in total. The number of carbonyl (C=O) groups is 1. The maximum atomic E-state index is 13.5. The van der Waals surface area contributed by atoms with Crippen molar-refractivity contribution in [3.63, 3.8) is 0 Å². The molecule has 0 saturated carbocycles. The zero-order chi connectivity index (χ0) is 16.1. The van der Waals surface area contributed by atoms with Crippen LogP contribution in [-0.4, -0.2) is 22.1 Å². The smallest absolute Gasteiger partial charge is 0.272 e. The standard InChI is InChI=1S/C15H16F2N4O/c1-3-9(2)18-15(22)12-7-8-13(21-20-12)19-14-10(16)5-4-6-11(14)17/h4-9H,3H2,1-2H3,(H,18,22)(H,19,21). The summed E-state index contributed by atoms with van der Waals surface area (Å²) in [5.74, 6) is -1.67. The summed E-state index contributed by atoms with van der Waals surface area (Å²) in [6.45, 7) is 3.83. The lowest BCUT2D eigenvalue weighted by molar-refractivity contribution is 0.0933. The fraction of sp³-hybridized carbons (Fsp3) is 0.267. The van der Waals surface area contributed by atoms with Gasteiger partial charge in [-0.3, -0.25) is 4.79 Å². The number of nitrogens with one attached hydrogen (secondary N) is 2. The molecule has 2 rings (SSSR count). The van der Waals surface area contributed by atoms with Crippen LogP contribution < -0.4 is 10.6 Å². The van der Waals surface area contributed by atoms with Crippen molar-refractivity contribution in [2.24, 2.45) is 0 Å². The van der Waals surface area contributed by atoms with Gasteiger partial charge in [0.25, 0.3) is 5.91 Å². The van der Waals surface area contributed by atoms with Gasteiger partial charge in [0.15, 0.2) is 11.5 Å². The van der Waals surface area contributed by atoms with Crippen molar-refractivity contribution in [1.29, 1.82) is 0 Å². The van der Waals surface area contributed by atoms with Crippen LogP contribution in [0.25, 0.3) is 0 Å². The van der Waals surface area contributed by atoms with Crippen LogP contribution in [0.15, 0.2) is 30.3 Å². The van der Waals surface area contributed by atoms with Crippen molar-refractivity contribution in [3.05, 3.63) is 47.7 Å². The number of benzene rings is 1. The minimum Gasteiger partial charge on any atom is -0.348 e. The van der Waals surface area contributed by atoms with Crippen molar-refractivity contribution in [2.45, 2.75) is 26.3 Å². The van der Waals surface area contributed by atoms with Crippen LogP contribution in [0, 0.1) is 11.6 Å². The Morgan fingerprint density at radius 1 is 1.18 bits per heavy atom. The van der Waals surface area contributed by atoms with Gasteiger partial charge in [-0.05, 0) is 37.6 Å². The predicted molar refractivity (Wildman–Crippen MR) is 78.9 cm³/mol. The fourth-order valence-corrected chi connectivity index (χ4v) is 1.67. The fourth-order valence-electron chi connectivity index (χ4n) is 1.67. The minimum absolute atomic E-state index is 0.0274. The molecule has 0 saturated heterocycles. The second-order valence-corrected chi connectivity index (χ2v) is 4.81. The van der Waals surface area contributed by atoms with Gasteiger partial charge in [0, 0.05) is 6.04 Å². The molecule has 0 aliphatic heterocycles. The number of hydrogen-bond donors (Lipinski definition) is 2. The number of nitrogens with zero attached hydrogens (tertiary/aromatic N) is 2. The Morgan fingerprint density at radius 2 is 1.86 bits per heavy atom. The predicted octanol–water partition coefficient (Wildman–Crippen LogP) is 3.03. The number of carbonyl (C=O) groups excluding carboxylic acids is 1. The summed E-state index contributed by atoms with van der Waals surface area (Å²) in [7, 11) is 0. The number of aromatic nitrogens is 2. The first-order chi connectivity index (χ1) is 10.5. The lowest BCUT2D eigenvalue weighted by Gasteiger charge is -2.11. The first kappa shape index (κ1) is 15.8. The highest BCUT2D eigenvalue weighted by molar-refractivity contribution is 5.92. The maximum absolute atomic E-state index is 13.5. The van der Waals surface area contributed by atoms with Crippen molar-refractivity contribution >= 4 is 17.4 Å². The molecule has 1 atom stereocenters. The van der Waals surface area contributed by atoms with Gasteiger partial charge in [0.1, 0.15) is 17.3 Å². The maximum Gasteiger partial charge on any atom is 0.272 e. The van der Waals surface area contributed by atoms with Crippen LogP contribution in [0.3, 0.4) is 0 Å². The number of rotatable bonds is 5. The first-order valence-corrected chi connectivity index (χ1v) is 6.87. The van der Waals surface area contributed by atoms with Gasteiger partial charge in [-0.15, -0.1) is 10.2 Å². The molecule has 0 fully saturated rings. The number of para-hydroxylation sites is 1. The molecule has 22 heavy (non-hydrogen) atoms. The van der Waals surface area contributed by atoms with Gasteiger partial charge >= 0.3 is 0 Å². The Bertz CT molecular complexity index is 641. The van der Waals surface area contributed by atoms with E-state index in [9.17, 15) is 13.6 Å². The molecule has 116 valence electrons. The van der Waals surface area contributed by atoms with Crippen LogP contribution in [0.4, 0.5) is 20.3 Å². The lowest BCUT2D eigenvalue weighted by atomic mass is 10.2. The molecule has 1 aromatic heterocycles. The third-order valence-electron chi connectivity index (χ3n) is 3.10. The van der Waals surface area contributed by atoms with Crippen LogP contribution in [0.2, 0.25) is 0 Å². The van der Waals surface area contributed by atoms with E-state index < -0.39 is 11.6 Å². The van der Waals surface area contributed by atoms with E-state index in [-0.39, 0.29) is 29.1 Å². The summed E-state index contributed by atoms with van der Waals surface area (Å²) in [4.78, 5) is 11.8. The molecule has 0 bridgehead atoms. The van der Waals surface area contributed by atoms with Crippen molar-refractivity contribution < 1.29 is 13.6 Å². The quantitative estimate of drug-likeness (QED) is 0.891. The SMILES string of the molecule is CCC(C)NC(=O)c1ccc(Nc2c(F)cccc2F)nn1. The summed E-state index contributed by atoms with van der Waals surface area (Å²) in [6, 6.07) is 6.43. The molecule has 0 spiro atoms. The van der Waals surface area contributed by atoms with Crippen molar-refractivity contribution in [2.75, 3.05) is 5.32 Å². The number of hydrogen-bond acceptors (Lipinski definition) is 4. The van der Waals surface area contributed by atoms with Gasteiger partial charge in [-0.25, -0.2) is 8.78 Å². The topological polar surface area (TPSA) is 66.9 Å². The molecule has 0 aliphatic rings. The number of halogens is 2. The Balaban J connectivity index is 2.11. The second kappa shape index (κ2) is 6.93. The van der Waals surface area contributed by atoms with E-state index in [4.69, 9.17) is 0 Å². The van der Waals surface area contributed by atoms with Crippen LogP contribution in [0.1, 0.15) is 30.8 Å². The van der Waals surface area contributed by atoms with Gasteiger partial charge in [-0.2, -0.15) is 0 Å². The second-order valence-electron chi connectivity index (χ2n) is 4.81. The average Bonchev–Trinajstić information content (AvgIpc) is 2.51. The Morgan fingerprint density at radius 3 is 2.41 bits per heavy atom. The molecule has 0 radical (unpaired) electrons.